The van der Waals surface area contributed by atoms with E-state index in [2.05, 4.69) is 10.6 Å². The number of nitrogens with one attached hydrogen (secondary N) is 2. The van der Waals surface area contributed by atoms with Crippen LogP contribution in [0, 0.1) is 5.82 Å². The number of hydrogen-bond donors (Lipinski definition) is 2. The summed E-state index contributed by atoms with van der Waals surface area (Å²) in [6, 6.07) is 1.85. The normalized spacial score (nSPS) is 12.5. The summed E-state index contributed by atoms with van der Waals surface area (Å²) in [6.45, 7) is 1.82. The molecule has 0 aliphatic rings. The number of hydrogen-bond acceptors (Lipinski definition) is 4. The first-order valence-corrected chi connectivity index (χ1v) is 8.55. The maximum Gasteiger partial charge on any atom is 0.254 e. The van der Waals surface area contributed by atoms with Gasteiger partial charge in [-0.15, -0.1) is 0 Å². The van der Waals surface area contributed by atoms with E-state index in [1.54, 1.807) is 0 Å². The van der Waals surface area contributed by atoms with Crippen molar-refractivity contribution in [2.45, 2.75) is 24.8 Å². The van der Waals surface area contributed by atoms with Crippen molar-refractivity contribution in [2.24, 2.45) is 0 Å². The van der Waals surface area contributed by atoms with Gasteiger partial charge in [0, 0.05) is 6.54 Å². The highest BCUT2D eigenvalue weighted by atomic mass is 32.2. The van der Waals surface area contributed by atoms with Gasteiger partial charge in [-0.25, -0.2) is 17.2 Å². The molecule has 0 aliphatic carbocycles. The van der Waals surface area contributed by atoms with Crippen LogP contribution < -0.4 is 10.6 Å². The minimum Gasteiger partial charge on any atom is -0.352 e. The Bertz CT molecular complexity index is 692. The third-order valence-electron chi connectivity index (χ3n) is 3.06. The zero-order valence-electron chi connectivity index (χ0n) is 12.7. The summed E-state index contributed by atoms with van der Waals surface area (Å²) in [5.41, 5.74) is -0.482. The highest BCUT2D eigenvalue weighted by Crippen LogP contribution is 2.16. The van der Waals surface area contributed by atoms with Gasteiger partial charge in [0.1, 0.15) is 18.5 Å². The second kappa shape index (κ2) is 8.00. The standard InChI is InChI=1S/C14H18F2N2O4S/c1-3-23(21,22)10-4-5-12(16)11(8-10)14(20)18-9(2)13(19)17-7-6-15/h4-5,8-9H,3,6-7H2,1-2H3,(H,17,19)(H,18,20). The van der Waals surface area contributed by atoms with Crippen molar-refractivity contribution in [3.63, 3.8) is 0 Å². The molecule has 1 unspecified atom stereocenters. The highest BCUT2D eigenvalue weighted by Gasteiger charge is 2.21. The number of benzene rings is 1. The van der Waals surface area contributed by atoms with E-state index >= 15 is 0 Å². The minimum absolute atomic E-state index is 0.180. The molecule has 0 saturated carbocycles. The van der Waals surface area contributed by atoms with Gasteiger partial charge in [-0.1, -0.05) is 6.92 Å². The molecule has 1 atom stereocenters. The van der Waals surface area contributed by atoms with Crippen molar-refractivity contribution in [1.82, 2.24) is 10.6 Å². The Hall–Kier alpha value is -2.03. The number of carbonyl (C=O) groups excluding carboxylic acids is 2. The molecule has 0 radical (unpaired) electrons. The molecule has 2 N–H and O–H groups in total. The van der Waals surface area contributed by atoms with E-state index in [0.29, 0.717) is 0 Å². The van der Waals surface area contributed by atoms with Crippen LogP contribution in [0.1, 0.15) is 24.2 Å². The Labute approximate surface area is 133 Å². The van der Waals surface area contributed by atoms with Gasteiger partial charge in [0.15, 0.2) is 9.84 Å². The quantitative estimate of drug-likeness (QED) is 0.714. The maximum absolute atomic E-state index is 13.8. The molecule has 1 aromatic rings. The van der Waals surface area contributed by atoms with Gasteiger partial charge in [-0.05, 0) is 25.1 Å². The van der Waals surface area contributed by atoms with Gasteiger partial charge in [0.25, 0.3) is 5.91 Å². The van der Waals surface area contributed by atoms with Crippen LogP contribution in [0.2, 0.25) is 0 Å². The van der Waals surface area contributed by atoms with E-state index in [1.165, 1.54) is 13.8 Å². The van der Waals surface area contributed by atoms with Crippen LogP contribution in [0.15, 0.2) is 23.1 Å². The molecule has 0 heterocycles. The zero-order chi connectivity index (χ0) is 17.6. The van der Waals surface area contributed by atoms with Crippen molar-refractivity contribution in [2.75, 3.05) is 19.0 Å². The summed E-state index contributed by atoms with van der Waals surface area (Å²) < 4.78 is 49.3. The first kappa shape index (κ1) is 19.0. The zero-order valence-corrected chi connectivity index (χ0v) is 13.5. The summed E-state index contributed by atoms with van der Waals surface area (Å²) >= 11 is 0. The Balaban J connectivity index is 2.96. The lowest BCUT2D eigenvalue weighted by atomic mass is 10.2. The molecule has 128 valence electrons. The molecule has 23 heavy (non-hydrogen) atoms. The fourth-order valence-electron chi connectivity index (χ4n) is 1.70. The summed E-state index contributed by atoms with van der Waals surface area (Å²) in [7, 11) is -3.60. The van der Waals surface area contributed by atoms with Gasteiger partial charge in [0.2, 0.25) is 5.91 Å². The lowest BCUT2D eigenvalue weighted by molar-refractivity contribution is -0.122. The first-order chi connectivity index (χ1) is 10.7. The number of amides is 2. The Morgan fingerprint density at radius 2 is 1.96 bits per heavy atom. The Morgan fingerprint density at radius 1 is 1.30 bits per heavy atom. The van der Waals surface area contributed by atoms with Gasteiger partial charge >= 0.3 is 0 Å². The third kappa shape index (κ3) is 4.98. The average Bonchev–Trinajstić information content (AvgIpc) is 2.52. The fourth-order valence-corrected chi connectivity index (χ4v) is 2.61. The second-order valence-corrected chi connectivity index (χ2v) is 7.00. The molecule has 0 saturated heterocycles. The van der Waals surface area contributed by atoms with Crippen molar-refractivity contribution in [1.29, 1.82) is 0 Å². The lowest BCUT2D eigenvalue weighted by Gasteiger charge is -2.14. The molecule has 0 aromatic heterocycles. The minimum atomic E-state index is -3.60. The van der Waals surface area contributed by atoms with Crippen molar-refractivity contribution < 1.29 is 26.8 Å². The first-order valence-electron chi connectivity index (χ1n) is 6.89. The van der Waals surface area contributed by atoms with Crippen LogP contribution in [0.4, 0.5) is 8.78 Å². The largest absolute Gasteiger partial charge is 0.352 e. The van der Waals surface area contributed by atoms with Crippen LogP contribution in [0.3, 0.4) is 0 Å². The molecule has 1 rings (SSSR count). The van der Waals surface area contributed by atoms with E-state index in [1.807, 2.05) is 0 Å². The number of alkyl halides is 1. The molecular weight excluding hydrogens is 330 g/mol. The monoisotopic (exact) mass is 348 g/mol. The summed E-state index contributed by atoms with van der Waals surface area (Å²) in [5.74, 6) is -2.66. The molecule has 0 bridgehead atoms. The van der Waals surface area contributed by atoms with E-state index < -0.39 is 45.7 Å². The van der Waals surface area contributed by atoms with E-state index in [9.17, 15) is 26.8 Å². The molecule has 0 spiro atoms. The predicted octanol–water partition coefficient (Wildman–Crippen LogP) is 0.823. The maximum atomic E-state index is 13.8. The number of sulfone groups is 1. The SMILES string of the molecule is CCS(=O)(=O)c1ccc(F)c(C(=O)NC(C)C(=O)NCCF)c1. The van der Waals surface area contributed by atoms with Gasteiger partial charge in [-0.3, -0.25) is 9.59 Å². The fraction of sp³-hybridized carbons (Fsp3) is 0.429. The molecule has 9 heteroatoms. The smallest absolute Gasteiger partial charge is 0.254 e. The second-order valence-electron chi connectivity index (χ2n) is 4.72. The van der Waals surface area contributed by atoms with E-state index in [0.717, 1.165) is 18.2 Å². The van der Waals surface area contributed by atoms with Gasteiger partial charge in [0.05, 0.1) is 16.2 Å². The predicted molar refractivity (Wildman–Crippen MR) is 80.0 cm³/mol. The Morgan fingerprint density at radius 3 is 2.52 bits per heavy atom. The van der Waals surface area contributed by atoms with Crippen LogP contribution in [-0.4, -0.2) is 45.2 Å². The van der Waals surface area contributed by atoms with Gasteiger partial charge < -0.3 is 10.6 Å². The highest BCUT2D eigenvalue weighted by molar-refractivity contribution is 7.91. The molecular formula is C14H18F2N2O4S. The van der Waals surface area contributed by atoms with E-state index in [-0.39, 0.29) is 17.2 Å². The third-order valence-corrected chi connectivity index (χ3v) is 4.79. The lowest BCUT2D eigenvalue weighted by Crippen LogP contribution is -2.45. The summed E-state index contributed by atoms with van der Waals surface area (Å²) in [5, 5.41) is 4.46. The van der Waals surface area contributed by atoms with Gasteiger partial charge in [-0.2, -0.15) is 0 Å². The molecule has 0 aliphatic heterocycles. The average molecular weight is 348 g/mol. The number of rotatable bonds is 7. The number of carbonyl (C=O) groups is 2. The molecule has 2 amide bonds. The number of halogens is 2. The summed E-state index contributed by atoms with van der Waals surface area (Å²) in [6.07, 6.45) is 0. The van der Waals surface area contributed by atoms with Crippen molar-refractivity contribution in [3.05, 3.63) is 29.6 Å². The van der Waals surface area contributed by atoms with Crippen LogP contribution in [-0.2, 0) is 14.6 Å². The molecule has 6 nitrogen and oxygen atoms in total. The van der Waals surface area contributed by atoms with Crippen LogP contribution in [0.25, 0.3) is 0 Å². The van der Waals surface area contributed by atoms with Crippen molar-refractivity contribution in [3.8, 4) is 0 Å². The topological polar surface area (TPSA) is 92.3 Å². The van der Waals surface area contributed by atoms with Crippen LogP contribution >= 0.6 is 0 Å². The molecule has 1 aromatic carbocycles. The summed E-state index contributed by atoms with van der Waals surface area (Å²) in [4.78, 5) is 23.4. The van der Waals surface area contributed by atoms with Crippen molar-refractivity contribution >= 4 is 21.7 Å². The van der Waals surface area contributed by atoms with E-state index in [4.69, 9.17) is 0 Å². The Kier molecular flexibility index (Phi) is 6.62. The van der Waals surface area contributed by atoms with Crippen LogP contribution in [0.5, 0.6) is 0 Å². The molecule has 0 fully saturated rings.